The fourth-order valence-electron chi connectivity index (χ4n) is 4.82. The van der Waals surface area contributed by atoms with E-state index in [0.717, 1.165) is 18.3 Å². The van der Waals surface area contributed by atoms with Crippen LogP contribution in [0, 0.1) is 29.6 Å². The van der Waals surface area contributed by atoms with Gasteiger partial charge in [-0.3, -0.25) is 0 Å². The van der Waals surface area contributed by atoms with Gasteiger partial charge in [0.1, 0.15) is 0 Å². The summed E-state index contributed by atoms with van der Waals surface area (Å²) < 4.78 is 0. The van der Waals surface area contributed by atoms with Crippen LogP contribution in [0.3, 0.4) is 0 Å². The van der Waals surface area contributed by atoms with Crippen LogP contribution in [0.2, 0.25) is 0 Å². The Hall–Kier alpha value is -0.440. The van der Waals surface area contributed by atoms with Gasteiger partial charge in [-0.15, -0.1) is 12.3 Å². The number of rotatable bonds is 5. The van der Waals surface area contributed by atoms with E-state index in [1.54, 1.807) is 0 Å². The second-order valence-electron chi connectivity index (χ2n) is 7.19. The van der Waals surface area contributed by atoms with E-state index in [0.29, 0.717) is 5.41 Å². The highest BCUT2D eigenvalue weighted by Crippen LogP contribution is 2.49. The van der Waals surface area contributed by atoms with Gasteiger partial charge < -0.3 is 0 Å². The van der Waals surface area contributed by atoms with Gasteiger partial charge in [-0.2, -0.15) is 0 Å². The summed E-state index contributed by atoms with van der Waals surface area (Å²) in [6, 6.07) is 0. The van der Waals surface area contributed by atoms with Crippen LogP contribution in [0.5, 0.6) is 0 Å². The molecule has 0 unspecified atom stereocenters. The zero-order valence-electron chi connectivity index (χ0n) is 12.9. The largest absolute Gasteiger partial charge is 0.120 e. The Morgan fingerprint density at radius 2 is 1.58 bits per heavy atom. The topological polar surface area (TPSA) is 0 Å². The molecule has 0 bridgehead atoms. The molecule has 0 atom stereocenters. The number of hydrogen-bond acceptors (Lipinski definition) is 0. The molecule has 0 saturated heterocycles. The van der Waals surface area contributed by atoms with Crippen molar-refractivity contribution in [3.8, 4) is 12.3 Å². The molecular weight excluding hydrogens is 228 g/mol. The van der Waals surface area contributed by atoms with Crippen LogP contribution in [0.25, 0.3) is 0 Å². The van der Waals surface area contributed by atoms with Crippen LogP contribution in [-0.4, -0.2) is 0 Å². The second-order valence-corrected chi connectivity index (χ2v) is 7.19. The summed E-state index contributed by atoms with van der Waals surface area (Å²) in [5, 5.41) is 0. The molecule has 2 aliphatic carbocycles. The van der Waals surface area contributed by atoms with E-state index in [1.807, 2.05) is 0 Å². The second kappa shape index (κ2) is 7.37. The summed E-state index contributed by atoms with van der Waals surface area (Å²) in [7, 11) is 0. The number of hydrogen-bond donors (Lipinski definition) is 0. The average molecular weight is 260 g/mol. The third-order valence-electron chi connectivity index (χ3n) is 5.99. The van der Waals surface area contributed by atoms with Gasteiger partial charge in [-0.25, -0.2) is 0 Å². The molecule has 0 radical (unpaired) electrons. The summed E-state index contributed by atoms with van der Waals surface area (Å²) in [6.45, 7) is 2.34. The highest BCUT2D eigenvalue weighted by molar-refractivity contribution is 4.92. The predicted octanol–water partition coefficient (Wildman–Crippen LogP) is 5.96. The van der Waals surface area contributed by atoms with E-state index in [9.17, 15) is 0 Å². The highest BCUT2D eigenvalue weighted by atomic mass is 14.4. The predicted molar refractivity (Wildman–Crippen MR) is 83.9 cm³/mol. The van der Waals surface area contributed by atoms with E-state index in [4.69, 9.17) is 6.42 Å². The Bertz CT molecular complexity index is 282. The summed E-state index contributed by atoms with van der Waals surface area (Å²) in [5.74, 6) is 5.00. The van der Waals surface area contributed by atoms with Crippen molar-refractivity contribution in [2.75, 3.05) is 0 Å². The van der Waals surface area contributed by atoms with Crippen molar-refractivity contribution in [1.82, 2.24) is 0 Å². The summed E-state index contributed by atoms with van der Waals surface area (Å²) in [6.07, 6.45) is 24.0. The summed E-state index contributed by atoms with van der Waals surface area (Å²) in [4.78, 5) is 0. The van der Waals surface area contributed by atoms with Crippen molar-refractivity contribution in [3.05, 3.63) is 0 Å². The Labute approximate surface area is 120 Å². The molecule has 0 aromatic rings. The average Bonchev–Trinajstić information content (AvgIpc) is 2.47. The first-order valence-corrected chi connectivity index (χ1v) is 8.73. The molecule has 0 nitrogen and oxygen atoms in total. The summed E-state index contributed by atoms with van der Waals surface area (Å²) in [5.41, 5.74) is 0.617. The van der Waals surface area contributed by atoms with Gasteiger partial charge in [0.15, 0.2) is 0 Å². The van der Waals surface area contributed by atoms with Gasteiger partial charge >= 0.3 is 0 Å². The molecule has 0 N–H and O–H groups in total. The SMILES string of the molecule is C#CCCC1(CCC)CCC(C2CCCCC2)CC1. The lowest BCUT2D eigenvalue weighted by Gasteiger charge is -2.43. The van der Waals surface area contributed by atoms with Crippen molar-refractivity contribution in [2.24, 2.45) is 17.3 Å². The van der Waals surface area contributed by atoms with E-state index in [2.05, 4.69) is 12.8 Å². The van der Waals surface area contributed by atoms with Crippen molar-refractivity contribution in [3.63, 3.8) is 0 Å². The van der Waals surface area contributed by atoms with Crippen molar-refractivity contribution < 1.29 is 0 Å². The van der Waals surface area contributed by atoms with Crippen molar-refractivity contribution in [2.45, 2.75) is 90.4 Å². The van der Waals surface area contributed by atoms with Gasteiger partial charge in [0.05, 0.1) is 0 Å². The number of terminal acetylenes is 1. The van der Waals surface area contributed by atoms with Crippen molar-refractivity contribution >= 4 is 0 Å². The first-order valence-electron chi connectivity index (χ1n) is 8.73. The molecular formula is C19H32. The molecule has 0 heterocycles. The summed E-state index contributed by atoms with van der Waals surface area (Å²) >= 11 is 0. The maximum atomic E-state index is 5.49. The normalized spacial score (nSPS) is 32.9. The molecule has 0 aromatic carbocycles. The zero-order valence-corrected chi connectivity index (χ0v) is 12.9. The minimum atomic E-state index is 0.617. The van der Waals surface area contributed by atoms with E-state index >= 15 is 0 Å². The first-order chi connectivity index (χ1) is 9.29. The third kappa shape index (κ3) is 4.01. The molecule has 0 aromatic heterocycles. The third-order valence-corrected chi connectivity index (χ3v) is 5.99. The molecule has 0 spiro atoms. The maximum Gasteiger partial charge on any atom is 0.00913 e. The van der Waals surface area contributed by atoms with Crippen LogP contribution in [0.1, 0.15) is 90.4 Å². The lowest BCUT2D eigenvalue weighted by atomic mass is 9.62. The van der Waals surface area contributed by atoms with E-state index in [1.165, 1.54) is 77.0 Å². The van der Waals surface area contributed by atoms with Gasteiger partial charge in [-0.05, 0) is 55.8 Å². The van der Waals surface area contributed by atoms with Crippen LogP contribution in [-0.2, 0) is 0 Å². The minimum Gasteiger partial charge on any atom is -0.120 e. The standard InChI is InChI=1S/C19H32/c1-3-5-14-19(13-4-2)15-11-18(12-16-19)17-9-7-6-8-10-17/h1,17-18H,4-16H2,2H3. The lowest BCUT2D eigenvalue weighted by Crippen LogP contribution is -2.31. The Kier molecular flexibility index (Phi) is 5.80. The van der Waals surface area contributed by atoms with Gasteiger partial charge in [0.25, 0.3) is 0 Å². The molecule has 0 aliphatic heterocycles. The fourth-order valence-corrected chi connectivity index (χ4v) is 4.82. The Morgan fingerprint density at radius 3 is 2.16 bits per heavy atom. The molecule has 2 fully saturated rings. The molecule has 2 aliphatic rings. The molecule has 0 heteroatoms. The molecule has 2 rings (SSSR count). The van der Waals surface area contributed by atoms with Gasteiger partial charge in [-0.1, -0.05) is 45.4 Å². The monoisotopic (exact) mass is 260 g/mol. The first kappa shape index (κ1) is 15.0. The lowest BCUT2D eigenvalue weighted by molar-refractivity contribution is 0.0865. The molecule has 108 valence electrons. The van der Waals surface area contributed by atoms with Crippen molar-refractivity contribution in [1.29, 1.82) is 0 Å². The van der Waals surface area contributed by atoms with Crippen LogP contribution in [0.4, 0.5) is 0 Å². The maximum absolute atomic E-state index is 5.49. The molecule has 19 heavy (non-hydrogen) atoms. The minimum absolute atomic E-state index is 0.617. The Balaban J connectivity index is 1.85. The van der Waals surface area contributed by atoms with E-state index < -0.39 is 0 Å². The van der Waals surface area contributed by atoms with E-state index in [-0.39, 0.29) is 0 Å². The molecule has 2 saturated carbocycles. The van der Waals surface area contributed by atoms with Crippen LogP contribution >= 0.6 is 0 Å². The van der Waals surface area contributed by atoms with Crippen LogP contribution < -0.4 is 0 Å². The van der Waals surface area contributed by atoms with Gasteiger partial charge in [0, 0.05) is 6.42 Å². The zero-order chi connectivity index (χ0) is 13.6. The Morgan fingerprint density at radius 1 is 0.947 bits per heavy atom. The van der Waals surface area contributed by atoms with Gasteiger partial charge in [0.2, 0.25) is 0 Å². The quantitative estimate of drug-likeness (QED) is 0.535. The van der Waals surface area contributed by atoms with Crippen LogP contribution in [0.15, 0.2) is 0 Å². The highest BCUT2D eigenvalue weighted by Gasteiger charge is 2.36. The smallest absolute Gasteiger partial charge is 0.00913 e. The molecule has 0 amide bonds. The fraction of sp³-hybridized carbons (Fsp3) is 0.895.